The van der Waals surface area contributed by atoms with Gasteiger partial charge < -0.3 is 21.1 Å². The molecule has 0 unspecified atom stereocenters. The van der Waals surface area contributed by atoms with Gasteiger partial charge in [0.05, 0.1) is 5.56 Å². The lowest BCUT2D eigenvalue weighted by atomic mass is 10.2. The van der Waals surface area contributed by atoms with E-state index in [1.54, 1.807) is 12.1 Å². The summed E-state index contributed by atoms with van der Waals surface area (Å²) >= 11 is 0. The van der Waals surface area contributed by atoms with Gasteiger partial charge >= 0.3 is 5.97 Å². The van der Waals surface area contributed by atoms with E-state index in [1.807, 2.05) is 12.1 Å². The molecule has 0 aliphatic carbocycles. The van der Waals surface area contributed by atoms with Gasteiger partial charge in [-0.3, -0.25) is 0 Å². The molecule has 0 saturated carbocycles. The number of nitrogen functional groups attached to an aromatic ring is 2. The minimum absolute atomic E-state index is 0.00729. The molecule has 0 saturated heterocycles. The Balaban J connectivity index is 2.00. The van der Waals surface area contributed by atoms with Crippen molar-refractivity contribution < 1.29 is 9.53 Å². The summed E-state index contributed by atoms with van der Waals surface area (Å²) in [7, 11) is 0. The average molecular weight is 316 g/mol. The molecule has 0 spiro atoms. The maximum atomic E-state index is 12.0. The Hall–Kier alpha value is -2.90. The van der Waals surface area contributed by atoms with E-state index in [2.05, 4.69) is 33.7 Å². The van der Waals surface area contributed by atoms with Crippen LogP contribution in [0.5, 0.6) is 0 Å². The van der Waals surface area contributed by atoms with E-state index < -0.39 is 5.97 Å². The third kappa shape index (κ3) is 4.29. The van der Waals surface area contributed by atoms with E-state index in [-0.39, 0.29) is 24.3 Å². The van der Waals surface area contributed by atoms with Crippen molar-refractivity contribution in [1.82, 2.24) is 15.0 Å². The van der Waals surface area contributed by atoms with Crippen molar-refractivity contribution in [1.29, 1.82) is 0 Å². The smallest absolute Gasteiger partial charge is 0.338 e. The van der Waals surface area contributed by atoms with Crippen LogP contribution in [0.3, 0.4) is 0 Å². The lowest BCUT2D eigenvalue weighted by molar-refractivity contribution is 0.0462. The van der Waals surface area contributed by atoms with E-state index in [9.17, 15) is 4.79 Å². The predicted octanol–water partition coefficient (Wildman–Crippen LogP) is 1.24. The Bertz CT molecular complexity index is 650. The summed E-state index contributed by atoms with van der Waals surface area (Å²) in [6.07, 6.45) is 0. The van der Waals surface area contributed by atoms with Gasteiger partial charge in [0.25, 0.3) is 0 Å². The van der Waals surface area contributed by atoms with Gasteiger partial charge in [-0.05, 0) is 38.1 Å². The van der Waals surface area contributed by atoms with Crippen LogP contribution in [0.15, 0.2) is 24.3 Å². The molecule has 8 heteroatoms. The highest BCUT2D eigenvalue weighted by Gasteiger charge is 2.10. The minimum atomic E-state index is -0.464. The van der Waals surface area contributed by atoms with E-state index in [0.717, 1.165) is 18.8 Å². The summed E-state index contributed by atoms with van der Waals surface area (Å²) in [5.41, 5.74) is 12.4. The first-order chi connectivity index (χ1) is 11.0. The zero-order valence-electron chi connectivity index (χ0n) is 13.2. The number of hydrogen-bond donors (Lipinski definition) is 2. The Kier molecular flexibility index (Phi) is 5.29. The van der Waals surface area contributed by atoms with Crippen molar-refractivity contribution >= 4 is 23.6 Å². The van der Waals surface area contributed by atoms with Gasteiger partial charge in [-0.25, -0.2) is 4.79 Å². The largest absolute Gasteiger partial charge is 0.454 e. The molecular weight excluding hydrogens is 296 g/mol. The van der Waals surface area contributed by atoms with Crippen molar-refractivity contribution in [3.63, 3.8) is 0 Å². The molecule has 23 heavy (non-hydrogen) atoms. The first-order valence-corrected chi connectivity index (χ1v) is 7.31. The molecule has 8 nitrogen and oxygen atoms in total. The van der Waals surface area contributed by atoms with E-state index in [4.69, 9.17) is 16.2 Å². The summed E-state index contributed by atoms with van der Waals surface area (Å²) in [6, 6.07) is 7.24. The van der Waals surface area contributed by atoms with Crippen LogP contribution in [0, 0.1) is 0 Å². The fraction of sp³-hybridized carbons (Fsp3) is 0.333. The van der Waals surface area contributed by atoms with Crippen LogP contribution in [0.25, 0.3) is 0 Å². The number of esters is 1. The van der Waals surface area contributed by atoms with Crippen molar-refractivity contribution in [3.05, 3.63) is 35.7 Å². The van der Waals surface area contributed by atoms with Gasteiger partial charge in [0.2, 0.25) is 11.9 Å². The number of rotatable bonds is 6. The van der Waals surface area contributed by atoms with Crippen LogP contribution in [-0.4, -0.2) is 34.0 Å². The molecule has 122 valence electrons. The van der Waals surface area contributed by atoms with Crippen LogP contribution < -0.4 is 16.4 Å². The second-order valence-electron chi connectivity index (χ2n) is 4.76. The number of anilines is 3. The Morgan fingerprint density at radius 3 is 2.13 bits per heavy atom. The summed E-state index contributed by atoms with van der Waals surface area (Å²) in [6.45, 7) is 5.86. The Morgan fingerprint density at radius 1 is 1.04 bits per heavy atom. The number of hydrogen-bond acceptors (Lipinski definition) is 8. The molecule has 0 fully saturated rings. The molecule has 0 amide bonds. The number of nitrogens with zero attached hydrogens (tertiary/aromatic N) is 4. The van der Waals surface area contributed by atoms with Gasteiger partial charge in [0.15, 0.2) is 12.4 Å². The molecule has 2 aromatic rings. The summed E-state index contributed by atoms with van der Waals surface area (Å²) in [5, 5.41) is 0. The number of aromatic nitrogens is 3. The van der Waals surface area contributed by atoms with Crippen LogP contribution >= 0.6 is 0 Å². The third-order valence-corrected chi connectivity index (χ3v) is 3.28. The maximum Gasteiger partial charge on any atom is 0.338 e. The second-order valence-corrected chi connectivity index (χ2v) is 4.76. The van der Waals surface area contributed by atoms with Crippen molar-refractivity contribution in [3.8, 4) is 0 Å². The van der Waals surface area contributed by atoms with Gasteiger partial charge in [0.1, 0.15) is 0 Å². The van der Waals surface area contributed by atoms with Crippen LogP contribution in [0.2, 0.25) is 0 Å². The normalized spacial score (nSPS) is 10.3. The quantitative estimate of drug-likeness (QED) is 0.764. The molecule has 1 aromatic carbocycles. The maximum absolute atomic E-state index is 12.0. The highest BCUT2D eigenvalue weighted by molar-refractivity contribution is 5.89. The standard InChI is InChI=1S/C15H20N6O2/c1-3-21(4-2)11-7-5-10(6-8-11)13(22)23-9-12-18-14(16)20-15(17)19-12/h5-8H,3-4,9H2,1-2H3,(H4,16,17,18,19,20). The molecule has 0 aliphatic rings. The molecule has 4 N–H and O–H groups in total. The SMILES string of the molecule is CCN(CC)c1ccc(C(=O)OCc2nc(N)nc(N)n2)cc1. The summed E-state index contributed by atoms with van der Waals surface area (Å²) < 4.78 is 5.16. The average Bonchev–Trinajstić information content (AvgIpc) is 2.53. The zero-order chi connectivity index (χ0) is 16.8. The van der Waals surface area contributed by atoms with Crippen LogP contribution in [0.4, 0.5) is 17.6 Å². The lowest BCUT2D eigenvalue weighted by Gasteiger charge is -2.20. The molecule has 1 heterocycles. The van der Waals surface area contributed by atoms with Crippen molar-refractivity contribution in [2.24, 2.45) is 0 Å². The monoisotopic (exact) mass is 316 g/mol. The molecule has 0 radical (unpaired) electrons. The van der Waals surface area contributed by atoms with Gasteiger partial charge in [0, 0.05) is 18.8 Å². The summed E-state index contributed by atoms with van der Waals surface area (Å²) in [5.74, 6) is -0.268. The summed E-state index contributed by atoms with van der Waals surface area (Å²) in [4.78, 5) is 25.6. The predicted molar refractivity (Wildman–Crippen MR) is 87.8 cm³/mol. The zero-order valence-corrected chi connectivity index (χ0v) is 13.2. The van der Waals surface area contributed by atoms with Crippen molar-refractivity contribution in [2.45, 2.75) is 20.5 Å². The number of ether oxygens (including phenoxy) is 1. The van der Waals surface area contributed by atoms with E-state index in [1.165, 1.54) is 0 Å². The highest BCUT2D eigenvalue weighted by atomic mass is 16.5. The van der Waals surface area contributed by atoms with E-state index >= 15 is 0 Å². The molecule has 0 bridgehead atoms. The Morgan fingerprint density at radius 2 is 1.61 bits per heavy atom. The number of benzene rings is 1. The molecular formula is C15H20N6O2. The molecule has 0 aliphatic heterocycles. The molecule has 1 aromatic heterocycles. The van der Waals surface area contributed by atoms with Crippen molar-refractivity contribution in [2.75, 3.05) is 29.5 Å². The number of nitrogens with two attached hydrogens (primary N) is 2. The fourth-order valence-electron chi connectivity index (χ4n) is 2.13. The first-order valence-electron chi connectivity index (χ1n) is 7.31. The van der Waals surface area contributed by atoms with Gasteiger partial charge in [-0.1, -0.05) is 0 Å². The van der Waals surface area contributed by atoms with Gasteiger partial charge in [-0.2, -0.15) is 15.0 Å². The third-order valence-electron chi connectivity index (χ3n) is 3.28. The fourth-order valence-corrected chi connectivity index (χ4v) is 2.13. The lowest BCUT2D eigenvalue weighted by Crippen LogP contribution is -2.21. The minimum Gasteiger partial charge on any atom is -0.454 e. The molecule has 0 atom stereocenters. The number of carbonyl (C=O) groups is 1. The second kappa shape index (κ2) is 7.39. The van der Waals surface area contributed by atoms with Gasteiger partial charge in [-0.15, -0.1) is 0 Å². The van der Waals surface area contributed by atoms with E-state index in [0.29, 0.717) is 5.56 Å². The first kappa shape index (κ1) is 16.5. The molecule has 2 rings (SSSR count). The van der Waals surface area contributed by atoms with Crippen LogP contribution in [-0.2, 0) is 11.3 Å². The number of carbonyl (C=O) groups excluding carboxylic acids is 1. The van der Waals surface area contributed by atoms with Crippen LogP contribution in [0.1, 0.15) is 30.0 Å². The topological polar surface area (TPSA) is 120 Å². The Labute approximate surface area is 134 Å². The highest BCUT2D eigenvalue weighted by Crippen LogP contribution is 2.15.